The van der Waals surface area contributed by atoms with E-state index in [1.165, 1.54) is 0 Å². The van der Waals surface area contributed by atoms with Crippen molar-refractivity contribution in [3.05, 3.63) is 0 Å². The second-order valence-corrected chi connectivity index (χ2v) is 11.3. The molecule has 0 aromatic carbocycles. The molecule has 0 spiro atoms. The van der Waals surface area contributed by atoms with Crippen LogP contribution in [-0.2, 0) is 19.2 Å². The average Bonchev–Trinajstić information content (AvgIpc) is 2.95. The minimum absolute atomic E-state index is 0.108. The fourth-order valence-electron chi connectivity index (χ4n) is 2.23. The Kier molecular flexibility index (Phi) is 2.85. The summed E-state index contributed by atoms with van der Waals surface area (Å²) in [5.41, 5.74) is 0.419. The number of carbonyl (C=O) groups is 3. The summed E-state index contributed by atoms with van der Waals surface area (Å²) in [5.74, 6) is -1.34. The van der Waals surface area contributed by atoms with Gasteiger partial charge in [-0.3, -0.25) is 9.59 Å². The Bertz CT molecular complexity index is 371. The van der Waals surface area contributed by atoms with Crippen LogP contribution in [0.5, 0.6) is 0 Å². The molecule has 0 aromatic rings. The molecule has 0 N–H and O–H groups in total. The molecule has 1 aliphatic carbocycles. The van der Waals surface area contributed by atoms with Crippen molar-refractivity contribution in [2.24, 2.45) is 5.92 Å². The molecule has 1 aliphatic heterocycles. The molecule has 2 aliphatic rings. The lowest BCUT2D eigenvalue weighted by molar-refractivity contribution is -0.198. The molecule has 6 heteroatoms. The van der Waals surface area contributed by atoms with Crippen molar-refractivity contribution in [3.8, 4) is 0 Å². The Hall–Kier alpha value is -1.17. The van der Waals surface area contributed by atoms with Crippen LogP contribution in [0, 0.1) is 5.92 Å². The highest BCUT2D eigenvalue weighted by Crippen LogP contribution is 2.52. The summed E-state index contributed by atoms with van der Waals surface area (Å²) in [5, 5.41) is 0.641. The quantitative estimate of drug-likeness (QED) is 0.563. The molecule has 0 aromatic heterocycles. The summed E-state index contributed by atoms with van der Waals surface area (Å²) in [6, 6.07) is 0. The number of rotatable bonds is 3. The molecule has 1 heterocycles. The van der Waals surface area contributed by atoms with Crippen LogP contribution in [0.15, 0.2) is 0 Å². The van der Waals surface area contributed by atoms with Crippen LogP contribution in [0.2, 0.25) is 25.2 Å². The molecule has 0 bridgehead atoms. The zero-order chi connectivity index (χ0) is 12.8. The van der Waals surface area contributed by atoms with Crippen LogP contribution in [0.3, 0.4) is 0 Å². The summed E-state index contributed by atoms with van der Waals surface area (Å²) >= 11 is 0. The number of carbonyl (C=O) groups excluding carboxylic acids is 3. The Morgan fingerprint density at radius 1 is 1.24 bits per heavy atom. The number of amides is 2. The first kappa shape index (κ1) is 12.3. The minimum atomic E-state index is -1.33. The van der Waals surface area contributed by atoms with Gasteiger partial charge in [-0.05, 0) is 12.0 Å². The van der Waals surface area contributed by atoms with Crippen LogP contribution >= 0.6 is 0 Å². The van der Waals surface area contributed by atoms with E-state index in [-0.39, 0.29) is 18.8 Å². The molecule has 2 rings (SSSR count). The summed E-state index contributed by atoms with van der Waals surface area (Å²) in [7, 11) is -1.33. The normalized spacial score (nSPS) is 28.5. The molecule has 1 saturated carbocycles. The first-order chi connectivity index (χ1) is 7.80. The van der Waals surface area contributed by atoms with Gasteiger partial charge >= 0.3 is 5.97 Å². The van der Waals surface area contributed by atoms with Gasteiger partial charge in [-0.2, -0.15) is 0 Å². The second-order valence-electron chi connectivity index (χ2n) is 5.81. The zero-order valence-electron chi connectivity index (χ0n) is 10.4. The maximum atomic E-state index is 11.8. The molecular formula is C11H17NO4Si. The van der Waals surface area contributed by atoms with E-state index in [4.69, 9.17) is 4.84 Å². The van der Waals surface area contributed by atoms with Gasteiger partial charge in [0, 0.05) is 20.9 Å². The molecule has 5 nitrogen and oxygen atoms in total. The van der Waals surface area contributed by atoms with Crippen molar-refractivity contribution >= 4 is 25.9 Å². The van der Waals surface area contributed by atoms with Gasteiger partial charge < -0.3 is 4.84 Å². The minimum Gasteiger partial charge on any atom is -0.330 e. The van der Waals surface area contributed by atoms with Gasteiger partial charge in [-0.15, -0.1) is 5.06 Å². The van der Waals surface area contributed by atoms with Crippen molar-refractivity contribution in [3.63, 3.8) is 0 Å². The van der Waals surface area contributed by atoms with Crippen LogP contribution < -0.4 is 0 Å². The summed E-state index contributed by atoms with van der Waals surface area (Å²) in [6.07, 6.45) is 1.13. The van der Waals surface area contributed by atoms with Gasteiger partial charge in [-0.25, -0.2) is 4.79 Å². The van der Waals surface area contributed by atoms with Crippen molar-refractivity contribution in [1.82, 2.24) is 5.06 Å². The predicted octanol–water partition coefficient (Wildman–Crippen LogP) is 1.32. The second kappa shape index (κ2) is 3.94. The number of hydrogen-bond donors (Lipinski definition) is 0. The lowest BCUT2D eigenvalue weighted by atomic mass is 10.4. The maximum absolute atomic E-state index is 11.8. The summed E-state index contributed by atoms with van der Waals surface area (Å²) < 4.78 is 0. The fraction of sp³-hybridized carbons (Fsp3) is 0.727. The molecule has 2 amide bonds. The largest absolute Gasteiger partial charge is 0.336 e. The lowest BCUT2D eigenvalue weighted by Gasteiger charge is -2.16. The maximum Gasteiger partial charge on any atom is 0.336 e. The molecule has 1 saturated heterocycles. The average molecular weight is 255 g/mol. The van der Waals surface area contributed by atoms with Crippen LogP contribution in [0.4, 0.5) is 0 Å². The van der Waals surface area contributed by atoms with Crippen LogP contribution in [0.25, 0.3) is 0 Å². The van der Waals surface area contributed by atoms with Crippen LogP contribution in [-0.4, -0.2) is 30.9 Å². The fourth-order valence-corrected chi connectivity index (χ4v) is 4.53. The SMILES string of the molecule is C[Si](C)(C)[C@@H]1C[C@H]1C(=O)ON1C(=O)CCC1=O. The van der Waals surface area contributed by atoms with Gasteiger partial charge in [0.05, 0.1) is 5.92 Å². The smallest absolute Gasteiger partial charge is 0.330 e. The van der Waals surface area contributed by atoms with Gasteiger partial charge in [-0.1, -0.05) is 19.6 Å². The van der Waals surface area contributed by atoms with E-state index in [2.05, 4.69) is 19.6 Å². The Morgan fingerprint density at radius 2 is 1.76 bits per heavy atom. The van der Waals surface area contributed by atoms with Crippen molar-refractivity contribution in [2.45, 2.75) is 44.4 Å². The molecule has 94 valence electrons. The van der Waals surface area contributed by atoms with Crippen molar-refractivity contribution in [2.75, 3.05) is 0 Å². The van der Waals surface area contributed by atoms with Gasteiger partial charge in [0.1, 0.15) is 0 Å². The lowest BCUT2D eigenvalue weighted by Crippen LogP contribution is -2.33. The standard InChI is InChI=1S/C11H17NO4Si/c1-17(2,3)8-6-7(8)11(15)16-12-9(13)4-5-10(12)14/h7-8H,4-6H2,1-3H3/t7-,8-/m1/s1. The third kappa shape index (κ3) is 2.41. The topological polar surface area (TPSA) is 63.7 Å². The summed E-state index contributed by atoms with van der Waals surface area (Å²) in [6.45, 7) is 6.62. The van der Waals surface area contributed by atoms with Crippen molar-refractivity contribution < 1.29 is 19.2 Å². The highest BCUT2D eigenvalue weighted by molar-refractivity contribution is 6.78. The van der Waals surface area contributed by atoms with E-state index in [9.17, 15) is 14.4 Å². The highest BCUT2D eigenvalue weighted by Gasteiger charge is 2.52. The molecule has 2 atom stereocenters. The number of hydrogen-bond acceptors (Lipinski definition) is 4. The van der Waals surface area contributed by atoms with E-state index < -0.39 is 25.9 Å². The predicted molar refractivity (Wildman–Crippen MR) is 62.4 cm³/mol. The monoisotopic (exact) mass is 255 g/mol. The van der Waals surface area contributed by atoms with E-state index in [1.54, 1.807) is 0 Å². The van der Waals surface area contributed by atoms with E-state index >= 15 is 0 Å². The summed E-state index contributed by atoms with van der Waals surface area (Å²) in [4.78, 5) is 39.2. The third-order valence-corrected chi connectivity index (χ3v) is 6.26. The van der Waals surface area contributed by atoms with Gasteiger partial charge in [0.15, 0.2) is 0 Å². The zero-order valence-corrected chi connectivity index (χ0v) is 11.4. The highest BCUT2D eigenvalue weighted by atomic mass is 28.3. The van der Waals surface area contributed by atoms with Gasteiger partial charge in [0.25, 0.3) is 11.8 Å². The Morgan fingerprint density at radius 3 is 2.18 bits per heavy atom. The molecular weight excluding hydrogens is 238 g/mol. The van der Waals surface area contributed by atoms with Gasteiger partial charge in [0.2, 0.25) is 0 Å². The van der Waals surface area contributed by atoms with Crippen molar-refractivity contribution in [1.29, 1.82) is 0 Å². The molecule has 17 heavy (non-hydrogen) atoms. The van der Waals surface area contributed by atoms with E-state index in [0.717, 1.165) is 6.42 Å². The number of hydroxylamine groups is 2. The first-order valence-corrected chi connectivity index (χ1v) is 9.46. The molecule has 2 fully saturated rings. The molecule has 0 unspecified atom stereocenters. The molecule has 0 radical (unpaired) electrons. The first-order valence-electron chi connectivity index (χ1n) is 5.88. The van der Waals surface area contributed by atoms with E-state index in [1.807, 2.05) is 0 Å². The van der Waals surface area contributed by atoms with Crippen LogP contribution in [0.1, 0.15) is 19.3 Å². The van der Waals surface area contributed by atoms with E-state index in [0.29, 0.717) is 10.6 Å². The third-order valence-electron chi connectivity index (χ3n) is 3.39. The number of imide groups is 1. The Balaban J connectivity index is 1.91. The Labute approximate surface area is 101 Å². The number of nitrogens with zero attached hydrogens (tertiary/aromatic N) is 1.